The van der Waals surface area contributed by atoms with Crippen LogP contribution in [0.25, 0.3) is 11.3 Å². The number of benzene rings is 2. The van der Waals surface area contributed by atoms with E-state index in [2.05, 4.69) is 6.07 Å². The Morgan fingerprint density at radius 3 is 2.59 bits per heavy atom. The summed E-state index contributed by atoms with van der Waals surface area (Å²) in [5, 5.41) is 11.7. The summed E-state index contributed by atoms with van der Waals surface area (Å²) in [6.45, 7) is 0. The molecule has 32 heavy (non-hydrogen) atoms. The molecular formula is C24H20FN3O2S2. The zero-order chi connectivity index (χ0) is 22.1. The number of rotatable bonds is 6. The number of aromatic nitrogens is 1. The van der Waals surface area contributed by atoms with Crippen molar-refractivity contribution in [2.75, 3.05) is 19.2 Å². The van der Waals surface area contributed by atoms with Crippen LogP contribution in [0.15, 0.2) is 70.5 Å². The van der Waals surface area contributed by atoms with E-state index in [0.29, 0.717) is 0 Å². The molecule has 0 amide bonds. The van der Waals surface area contributed by atoms with E-state index in [4.69, 9.17) is 19.6 Å². The molecular weight excluding hydrogens is 445 g/mol. The normalized spacial score (nSPS) is 15.7. The third-order valence-electron chi connectivity index (χ3n) is 5.34. The number of halogens is 1. The summed E-state index contributed by atoms with van der Waals surface area (Å²) in [4.78, 5) is 6.02. The molecule has 0 saturated heterocycles. The molecule has 5 nitrogen and oxygen atoms in total. The van der Waals surface area contributed by atoms with Gasteiger partial charge in [-0.25, -0.2) is 14.4 Å². The largest absolute Gasteiger partial charge is 0.497 e. The molecule has 0 aliphatic carbocycles. The Morgan fingerprint density at radius 1 is 1.03 bits per heavy atom. The van der Waals surface area contributed by atoms with E-state index in [1.54, 1.807) is 25.6 Å². The van der Waals surface area contributed by atoms with E-state index in [0.717, 1.165) is 50.5 Å². The zero-order valence-corrected chi connectivity index (χ0v) is 19.1. The maximum absolute atomic E-state index is 13.5. The van der Waals surface area contributed by atoms with Crippen LogP contribution in [-0.2, 0) is 0 Å². The number of nitrogens with zero attached hydrogens (tertiary/aromatic N) is 3. The van der Waals surface area contributed by atoms with Crippen LogP contribution in [0.5, 0.6) is 11.5 Å². The summed E-state index contributed by atoms with van der Waals surface area (Å²) in [5.74, 6) is 1.21. The summed E-state index contributed by atoms with van der Waals surface area (Å²) >= 11 is 3.18. The van der Waals surface area contributed by atoms with E-state index in [-0.39, 0.29) is 11.9 Å². The van der Waals surface area contributed by atoms with Crippen molar-refractivity contribution in [3.05, 3.63) is 81.6 Å². The van der Waals surface area contributed by atoms with Crippen molar-refractivity contribution < 1.29 is 13.9 Å². The molecule has 8 heteroatoms. The summed E-state index contributed by atoms with van der Waals surface area (Å²) in [5.41, 5.74) is 3.65. The van der Waals surface area contributed by atoms with E-state index in [1.165, 1.54) is 23.5 Å². The molecule has 0 N–H and O–H groups in total. The topological polar surface area (TPSA) is 47.0 Å². The first-order chi connectivity index (χ1) is 15.7. The Hall–Kier alpha value is -3.23. The molecule has 1 aliphatic rings. The van der Waals surface area contributed by atoms with Gasteiger partial charge in [-0.3, -0.25) is 0 Å². The second-order valence-corrected chi connectivity index (χ2v) is 9.01. The second kappa shape index (κ2) is 8.72. The third kappa shape index (κ3) is 3.87. The lowest BCUT2D eigenvalue weighted by Gasteiger charge is -2.21. The first kappa shape index (κ1) is 20.7. The van der Waals surface area contributed by atoms with Crippen molar-refractivity contribution in [1.82, 2.24) is 4.98 Å². The second-order valence-electron chi connectivity index (χ2n) is 7.22. The summed E-state index contributed by atoms with van der Waals surface area (Å²) in [6, 6.07) is 16.3. The van der Waals surface area contributed by atoms with E-state index < -0.39 is 0 Å². The van der Waals surface area contributed by atoms with Crippen LogP contribution in [0.3, 0.4) is 0 Å². The predicted octanol–water partition coefficient (Wildman–Crippen LogP) is 6.38. The third-order valence-corrected chi connectivity index (χ3v) is 7.09. The minimum absolute atomic E-state index is 0.0566. The number of thiazole rings is 1. The van der Waals surface area contributed by atoms with E-state index in [1.807, 2.05) is 52.2 Å². The van der Waals surface area contributed by atoms with Crippen molar-refractivity contribution in [2.45, 2.75) is 12.5 Å². The van der Waals surface area contributed by atoms with Crippen LogP contribution in [0.1, 0.15) is 22.9 Å². The Bertz CT molecular complexity index is 1250. The molecule has 1 unspecified atom stereocenters. The molecule has 0 bridgehead atoms. The number of hydrogen-bond donors (Lipinski definition) is 0. The Morgan fingerprint density at radius 2 is 1.88 bits per heavy atom. The van der Waals surface area contributed by atoms with Gasteiger partial charge in [0.25, 0.3) is 0 Å². The van der Waals surface area contributed by atoms with Gasteiger partial charge in [-0.15, -0.1) is 22.7 Å². The summed E-state index contributed by atoms with van der Waals surface area (Å²) in [7, 11) is 3.28. The lowest BCUT2D eigenvalue weighted by Crippen LogP contribution is -2.18. The molecule has 162 valence electrons. The van der Waals surface area contributed by atoms with Crippen molar-refractivity contribution >= 4 is 33.5 Å². The smallest absolute Gasteiger partial charge is 0.207 e. The fraction of sp³-hybridized carbons (Fsp3) is 0.167. The molecule has 2 aromatic carbocycles. The van der Waals surface area contributed by atoms with Gasteiger partial charge in [0.2, 0.25) is 5.13 Å². The molecule has 2 aromatic heterocycles. The molecule has 0 fully saturated rings. The van der Waals surface area contributed by atoms with Gasteiger partial charge in [0.05, 0.1) is 36.5 Å². The molecule has 5 rings (SSSR count). The summed E-state index contributed by atoms with van der Waals surface area (Å²) < 4.78 is 24.5. The lowest BCUT2D eigenvalue weighted by molar-refractivity contribution is 0.404. The Labute approximate surface area is 193 Å². The maximum Gasteiger partial charge on any atom is 0.207 e. The lowest BCUT2D eigenvalue weighted by atomic mass is 10.0. The van der Waals surface area contributed by atoms with Gasteiger partial charge in [0, 0.05) is 17.4 Å². The minimum Gasteiger partial charge on any atom is -0.497 e. The molecule has 4 aromatic rings. The van der Waals surface area contributed by atoms with E-state index in [9.17, 15) is 4.39 Å². The first-order valence-electron chi connectivity index (χ1n) is 10.00. The molecule has 0 spiro atoms. The number of ether oxygens (including phenoxy) is 2. The minimum atomic E-state index is -0.251. The molecule has 1 atom stereocenters. The average Bonchev–Trinajstić information content (AvgIpc) is 3.59. The van der Waals surface area contributed by atoms with Crippen LogP contribution in [0, 0.1) is 5.82 Å². The molecule has 0 radical (unpaired) electrons. The van der Waals surface area contributed by atoms with E-state index >= 15 is 0 Å². The van der Waals surface area contributed by atoms with Crippen LogP contribution < -0.4 is 14.5 Å². The first-order valence-corrected chi connectivity index (χ1v) is 11.8. The zero-order valence-electron chi connectivity index (χ0n) is 17.5. The van der Waals surface area contributed by atoms with Crippen molar-refractivity contribution in [1.29, 1.82) is 0 Å². The Balaban J connectivity index is 1.54. The molecule has 3 heterocycles. The van der Waals surface area contributed by atoms with Gasteiger partial charge in [-0.05, 0) is 47.3 Å². The highest BCUT2D eigenvalue weighted by molar-refractivity contribution is 7.14. The highest BCUT2D eigenvalue weighted by Crippen LogP contribution is 2.41. The van der Waals surface area contributed by atoms with Crippen LogP contribution in [-0.4, -0.2) is 24.9 Å². The van der Waals surface area contributed by atoms with Gasteiger partial charge in [0.15, 0.2) is 0 Å². The van der Waals surface area contributed by atoms with Gasteiger partial charge in [-0.1, -0.05) is 18.2 Å². The van der Waals surface area contributed by atoms with Crippen molar-refractivity contribution in [3.8, 4) is 22.8 Å². The SMILES string of the molecule is COc1ccc(OC)c(-c2csc(N3N=C(c4cccs4)CC3c3ccc(F)cc3)n2)c1. The maximum atomic E-state index is 13.5. The van der Waals surface area contributed by atoms with Crippen LogP contribution >= 0.6 is 22.7 Å². The van der Waals surface area contributed by atoms with Gasteiger partial charge in [0.1, 0.15) is 17.3 Å². The average molecular weight is 466 g/mol. The fourth-order valence-corrected chi connectivity index (χ4v) is 5.28. The number of thiophene rings is 1. The highest BCUT2D eigenvalue weighted by atomic mass is 32.1. The van der Waals surface area contributed by atoms with Gasteiger partial charge < -0.3 is 9.47 Å². The highest BCUT2D eigenvalue weighted by Gasteiger charge is 2.32. The van der Waals surface area contributed by atoms with Crippen LogP contribution in [0.4, 0.5) is 9.52 Å². The van der Waals surface area contributed by atoms with Gasteiger partial charge in [-0.2, -0.15) is 5.10 Å². The quantitative estimate of drug-likeness (QED) is 0.331. The monoisotopic (exact) mass is 465 g/mol. The summed E-state index contributed by atoms with van der Waals surface area (Å²) in [6.07, 6.45) is 0.726. The van der Waals surface area contributed by atoms with Crippen LogP contribution in [0.2, 0.25) is 0 Å². The molecule has 1 aliphatic heterocycles. The number of anilines is 1. The predicted molar refractivity (Wildman–Crippen MR) is 128 cm³/mol. The number of hydrogen-bond acceptors (Lipinski definition) is 7. The fourth-order valence-electron chi connectivity index (χ4n) is 3.73. The number of methoxy groups -OCH3 is 2. The Kier molecular flexibility index (Phi) is 5.63. The van der Waals surface area contributed by atoms with Crippen molar-refractivity contribution in [3.63, 3.8) is 0 Å². The van der Waals surface area contributed by atoms with Crippen molar-refractivity contribution in [2.24, 2.45) is 5.10 Å². The standard InChI is InChI=1S/C24H20FN3O2S2/c1-29-17-9-10-22(30-2)18(12-17)20-14-32-24(26-20)28-21(15-5-7-16(25)8-6-15)13-19(27-28)23-4-3-11-31-23/h3-12,14,21H,13H2,1-2H3. The number of hydrazone groups is 1. The van der Waals surface area contributed by atoms with Gasteiger partial charge >= 0.3 is 0 Å². The molecule has 0 saturated carbocycles.